The standard InChI is InChI=1S/C22H20N2O4S/c1-14-6-4-8-19-20(14)23-22(29-19)24(13-16-7-5-11-28-16)21(25)15-9-10-17(26-2)18(12-15)27-3/h4-12H,13H2,1-3H3. The van der Waals surface area contributed by atoms with Gasteiger partial charge in [0.2, 0.25) is 0 Å². The zero-order valence-corrected chi connectivity index (χ0v) is 17.2. The fourth-order valence-electron chi connectivity index (χ4n) is 3.10. The number of carbonyl (C=O) groups excluding carboxylic acids is 1. The highest BCUT2D eigenvalue weighted by molar-refractivity contribution is 7.22. The smallest absolute Gasteiger partial charge is 0.260 e. The molecule has 4 rings (SSSR count). The van der Waals surface area contributed by atoms with E-state index in [4.69, 9.17) is 18.9 Å². The summed E-state index contributed by atoms with van der Waals surface area (Å²) in [5.74, 6) is 1.54. The summed E-state index contributed by atoms with van der Waals surface area (Å²) >= 11 is 1.48. The summed E-state index contributed by atoms with van der Waals surface area (Å²) in [6.07, 6.45) is 1.59. The fraction of sp³-hybridized carbons (Fsp3) is 0.182. The first-order valence-electron chi connectivity index (χ1n) is 9.03. The molecule has 0 saturated heterocycles. The van der Waals surface area contributed by atoms with Crippen molar-refractivity contribution in [3.8, 4) is 11.5 Å². The molecule has 7 heteroatoms. The lowest BCUT2D eigenvalue weighted by molar-refractivity contribution is 0.0983. The third-order valence-corrected chi connectivity index (χ3v) is 5.65. The van der Waals surface area contributed by atoms with Crippen LogP contribution in [0.1, 0.15) is 21.7 Å². The Kier molecular flexibility index (Phi) is 5.22. The van der Waals surface area contributed by atoms with Gasteiger partial charge in [0.05, 0.1) is 37.2 Å². The number of carbonyl (C=O) groups is 1. The van der Waals surface area contributed by atoms with E-state index in [9.17, 15) is 4.79 Å². The predicted octanol–water partition coefficient (Wildman–Crippen LogP) is 5.06. The first-order chi connectivity index (χ1) is 14.1. The summed E-state index contributed by atoms with van der Waals surface area (Å²) in [5.41, 5.74) is 2.45. The Balaban J connectivity index is 1.77. The summed E-state index contributed by atoms with van der Waals surface area (Å²) in [4.78, 5) is 19.8. The van der Waals surface area contributed by atoms with Gasteiger partial charge in [0.1, 0.15) is 5.76 Å². The van der Waals surface area contributed by atoms with Crippen LogP contribution in [-0.4, -0.2) is 25.1 Å². The van der Waals surface area contributed by atoms with Crippen LogP contribution < -0.4 is 14.4 Å². The van der Waals surface area contributed by atoms with E-state index in [0.29, 0.717) is 28.0 Å². The lowest BCUT2D eigenvalue weighted by Crippen LogP contribution is -2.30. The molecule has 0 aliphatic rings. The van der Waals surface area contributed by atoms with Gasteiger partial charge in [-0.15, -0.1) is 0 Å². The van der Waals surface area contributed by atoms with Crippen molar-refractivity contribution in [2.24, 2.45) is 0 Å². The topological polar surface area (TPSA) is 64.8 Å². The molecule has 0 aliphatic heterocycles. The molecule has 6 nitrogen and oxygen atoms in total. The SMILES string of the molecule is COc1ccc(C(=O)N(Cc2ccco2)c2nc3c(C)cccc3s2)cc1OC. The maximum atomic E-state index is 13.5. The van der Waals surface area contributed by atoms with E-state index in [2.05, 4.69) is 0 Å². The third-order valence-electron chi connectivity index (χ3n) is 4.61. The van der Waals surface area contributed by atoms with Crippen LogP contribution >= 0.6 is 11.3 Å². The number of methoxy groups -OCH3 is 2. The molecule has 0 N–H and O–H groups in total. The van der Waals surface area contributed by atoms with Crippen molar-refractivity contribution >= 4 is 32.6 Å². The fourth-order valence-corrected chi connectivity index (χ4v) is 4.14. The number of amides is 1. The first-order valence-corrected chi connectivity index (χ1v) is 9.85. The summed E-state index contributed by atoms with van der Waals surface area (Å²) in [7, 11) is 3.11. The molecule has 2 aromatic carbocycles. The van der Waals surface area contributed by atoms with E-state index in [1.807, 2.05) is 31.2 Å². The maximum Gasteiger partial charge on any atom is 0.260 e. The van der Waals surface area contributed by atoms with Gasteiger partial charge < -0.3 is 13.9 Å². The van der Waals surface area contributed by atoms with Crippen LogP contribution in [0.25, 0.3) is 10.2 Å². The number of fused-ring (bicyclic) bond motifs is 1. The number of hydrogen-bond acceptors (Lipinski definition) is 6. The molecule has 0 atom stereocenters. The van der Waals surface area contributed by atoms with Crippen molar-refractivity contribution in [2.45, 2.75) is 13.5 Å². The predicted molar refractivity (Wildman–Crippen MR) is 113 cm³/mol. The van der Waals surface area contributed by atoms with Crippen molar-refractivity contribution < 1.29 is 18.7 Å². The molecular weight excluding hydrogens is 388 g/mol. The van der Waals surface area contributed by atoms with E-state index in [-0.39, 0.29) is 12.5 Å². The minimum atomic E-state index is -0.195. The van der Waals surface area contributed by atoms with E-state index in [1.54, 1.807) is 49.6 Å². The Hall–Kier alpha value is -3.32. The molecule has 2 heterocycles. The molecule has 0 radical (unpaired) electrons. The molecule has 0 aliphatic carbocycles. The number of benzene rings is 2. The van der Waals surface area contributed by atoms with Gasteiger partial charge in [-0.1, -0.05) is 23.5 Å². The van der Waals surface area contributed by atoms with E-state index in [1.165, 1.54) is 11.3 Å². The minimum absolute atomic E-state index is 0.195. The summed E-state index contributed by atoms with van der Waals surface area (Å²) in [6.45, 7) is 2.29. The van der Waals surface area contributed by atoms with Gasteiger partial charge in [-0.2, -0.15) is 0 Å². The molecule has 0 unspecified atom stereocenters. The number of thiazole rings is 1. The van der Waals surface area contributed by atoms with Gasteiger partial charge in [-0.3, -0.25) is 9.69 Å². The van der Waals surface area contributed by atoms with E-state index >= 15 is 0 Å². The maximum absolute atomic E-state index is 13.5. The highest BCUT2D eigenvalue weighted by Crippen LogP contribution is 2.34. The molecule has 0 bridgehead atoms. The van der Waals surface area contributed by atoms with Crippen LogP contribution in [0.2, 0.25) is 0 Å². The van der Waals surface area contributed by atoms with Gasteiger partial charge in [0.15, 0.2) is 16.6 Å². The van der Waals surface area contributed by atoms with Crippen LogP contribution in [-0.2, 0) is 6.54 Å². The number of nitrogens with zero attached hydrogens (tertiary/aromatic N) is 2. The largest absolute Gasteiger partial charge is 0.493 e. The Morgan fingerprint density at radius 3 is 2.62 bits per heavy atom. The average Bonchev–Trinajstić information content (AvgIpc) is 3.41. The number of ether oxygens (including phenoxy) is 2. The van der Waals surface area contributed by atoms with Gasteiger partial charge in [0, 0.05) is 5.56 Å². The quantitative estimate of drug-likeness (QED) is 0.446. The Bertz CT molecular complexity index is 1150. The summed E-state index contributed by atoms with van der Waals surface area (Å²) < 4.78 is 17.2. The lowest BCUT2D eigenvalue weighted by Gasteiger charge is -2.19. The Labute approximate surface area is 172 Å². The van der Waals surface area contributed by atoms with Crippen molar-refractivity contribution in [2.75, 3.05) is 19.1 Å². The number of furan rings is 1. The lowest BCUT2D eigenvalue weighted by atomic mass is 10.1. The third kappa shape index (κ3) is 3.69. The molecule has 0 fully saturated rings. The number of para-hydroxylation sites is 1. The molecule has 0 spiro atoms. The number of rotatable bonds is 6. The van der Waals surface area contributed by atoms with Crippen molar-refractivity contribution in [1.29, 1.82) is 0 Å². The second-order valence-corrected chi connectivity index (χ2v) is 7.47. The number of hydrogen-bond donors (Lipinski definition) is 0. The van der Waals surface area contributed by atoms with Crippen LogP contribution in [0.4, 0.5) is 5.13 Å². The number of aryl methyl sites for hydroxylation is 1. The highest BCUT2D eigenvalue weighted by Gasteiger charge is 2.24. The molecule has 0 saturated carbocycles. The molecule has 1 amide bonds. The van der Waals surface area contributed by atoms with Crippen LogP contribution in [0.5, 0.6) is 11.5 Å². The molecule has 29 heavy (non-hydrogen) atoms. The van der Waals surface area contributed by atoms with Crippen molar-refractivity contribution in [3.63, 3.8) is 0 Å². The molecule has 4 aromatic rings. The molecule has 2 aromatic heterocycles. The monoisotopic (exact) mass is 408 g/mol. The van der Waals surface area contributed by atoms with E-state index in [0.717, 1.165) is 15.8 Å². The normalized spacial score (nSPS) is 10.9. The minimum Gasteiger partial charge on any atom is -0.493 e. The number of anilines is 1. The first kappa shape index (κ1) is 19.0. The van der Waals surface area contributed by atoms with Crippen LogP contribution in [0.15, 0.2) is 59.2 Å². The van der Waals surface area contributed by atoms with Gasteiger partial charge in [-0.25, -0.2) is 4.98 Å². The summed E-state index contributed by atoms with van der Waals surface area (Å²) in [5, 5.41) is 0.616. The second kappa shape index (κ2) is 7.97. The van der Waals surface area contributed by atoms with E-state index < -0.39 is 0 Å². The van der Waals surface area contributed by atoms with Gasteiger partial charge >= 0.3 is 0 Å². The molecular formula is C22H20N2O4S. The number of aromatic nitrogens is 1. The zero-order valence-electron chi connectivity index (χ0n) is 16.3. The highest BCUT2D eigenvalue weighted by atomic mass is 32.1. The molecule has 148 valence electrons. The van der Waals surface area contributed by atoms with Crippen LogP contribution in [0.3, 0.4) is 0 Å². The summed E-state index contributed by atoms with van der Waals surface area (Å²) in [6, 6.07) is 14.8. The van der Waals surface area contributed by atoms with Crippen LogP contribution in [0, 0.1) is 6.92 Å². The van der Waals surface area contributed by atoms with Gasteiger partial charge in [0.25, 0.3) is 5.91 Å². The zero-order chi connectivity index (χ0) is 20.4. The van der Waals surface area contributed by atoms with Crippen molar-refractivity contribution in [1.82, 2.24) is 4.98 Å². The van der Waals surface area contributed by atoms with Crippen molar-refractivity contribution in [3.05, 3.63) is 71.7 Å². The Morgan fingerprint density at radius 2 is 1.93 bits per heavy atom. The van der Waals surface area contributed by atoms with Gasteiger partial charge in [-0.05, 0) is 48.9 Å². The second-order valence-electron chi connectivity index (χ2n) is 6.46. The Morgan fingerprint density at radius 1 is 1.10 bits per heavy atom. The average molecular weight is 408 g/mol.